The monoisotopic (exact) mass is 512 g/mol. The topological polar surface area (TPSA) is 141 Å². The molecule has 194 valence electrons. The number of rotatable bonds is 7. The van der Waals surface area contributed by atoms with Gasteiger partial charge < -0.3 is 28.4 Å². The number of methoxy groups -OCH3 is 2. The molecule has 37 heavy (non-hydrogen) atoms. The van der Waals surface area contributed by atoms with E-state index in [-0.39, 0.29) is 23.0 Å². The lowest BCUT2D eigenvalue weighted by atomic mass is 9.90. The highest BCUT2D eigenvalue weighted by atomic mass is 16.6. The number of hydrogen-bond acceptors (Lipinski definition) is 11. The van der Waals surface area contributed by atoms with Gasteiger partial charge in [-0.05, 0) is 41.5 Å². The van der Waals surface area contributed by atoms with Crippen LogP contribution in [0, 0.1) is 0 Å². The molecule has 1 heterocycles. The van der Waals surface area contributed by atoms with Crippen LogP contribution in [0.2, 0.25) is 0 Å². The van der Waals surface area contributed by atoms with Crippen LogP contribution < -0.4 is 18.9 Å². The molecule has 0 aromatic heterocycles. The zero-order valence-electron chi connectivity index (χ0n) is 20.7. The van der Waals surface area contributed by atoms with Gasteiger partial charge in [-0.3, -0.25) is 19.2 Å². The summed E-state index contributed by atoms with van der Waals surface area (Å²) in [4.78, 5) is 59.4. The zero-order valence-corrected chi connectivity index (χ0v) is 20.7. The molecule has 0 aliphatic carbocycles. The Kier molecular flexibility index (Phi) is 8.28. The standard InChI is InChI=1S/C26H24O11/c1-13(27)34-19-8-7-17(12-20(19)35-14(2)28)24-23(26(31)33-5)18-10-16(6-9-22(30)32-4)11-21(25(18)37-24)36-15(3)29/h6-12,23-24H,1-5H3/b9-6+/t23-,24+/m1/s1. The summed E-state index contributed by atoms with van der Waals surface area (Å²) in [7, 11) is 2.43. The van der Waals surface area contributed by atoms with Crippen molar-refractivity contribution in [2.24, 2.45) is 0 Å². The van der Waals surface area contributed by atoms with Crippen molar-refractivity contribution in [1.82, 2.24) is 0 Å². The molecule has 2 aromatic rings. The highest BCUT2D eigenvalue weighted by molar-refractivity contribution is 5.88. The Labute approximate surface area is 211 Å². The van der Waals surface area contributed by atoms with E-state index in [0.29, 0.717) is 16.7 Å². The third-order valence-electron chi connectivity index (χ3n) is 5.11. The van der Waals surface area contributed by atoms with Crippen molar-refractivity contribution in [3.63, 3.8) is 0 Å². The third kappa shape index (κ3) is 6.31. The minimum Gasteiger partial charge on any atom is -0.480 e. The van der Waals surface area contributed by atoms with E-state index in [1.54, 1.807) is 6.07 Å². The maximum atomic E-state index is 12.9. The zero-order chi connectivity index (χ0) is 27.3. The summed E-state index contributed by atoms with van der Waals surface area (Å²) in [5.41, 5.74) is 1.13. The first kappa shape index (κ1) is 26.9. The third-order valence-corrected chi connectivity index (χ3v) is 5.11. The molecule has 0 N–H and O–H groups in total. The maximum Gasteiger partial charge on any atom is 0.330 e. The summed E-state index contributed by atoms with van der Waals surface area (Å²) in [6, 6.07) is 7.37. The molecule has 0 bridgehead atoms. The first-order chi connectivity index (χ1) is 17.5. The molecule has 11 heteroatoms. The number of carbonyl (C=O) groups is 5. The predicted molar refractivity (Wildman–Crippen MR) is 126 cm³/mol. The number of benzene rings is 2. The molecule has 0 saturated carbocycles. The Morgan fingerprint density at radius 1 is 0.784 bits per heavy atom. The molecular weight excluding hydrogens is 488 g/mol. The predicted octanol–water partition coefficient (Wildman–Crippen LogP) is 3.04. The molecule has 2 atom stereocenters. The summed E-state index contributed by atoms with van der Waals surface area (Å²) in [5.74, 6) is -4.18. The van der Waals surface area contributed by atoms with Crippen LogP contribution in [0.4, 0.5) is 0 Å². The molecule has 0 saturated heterocycles. The molecule has 0 radical (unpaired) electrons. The number of esters is 5. The van der Waals surface area contributed by atoms with E-state index >= 15 is 0 Å². The molecule has 0 spiro atoms. The molecule has 3 rings (SSSR count). The lowest BCUT2D eigenvalue weighted by Gasteiger charge is -2.19. The number of hydrogen-bond donors (Lipinski definition) is 0. The van der Waals surface area contributed by atoms with Crippen molar-refractivity contribution in [3.05, 3.63) is 53.1 Å². The first-order valence-corrected chi connectivity index (χ1v) is 10.9. The van der Waals surface area contributed by atoms with Gasteiger partial charge in [0.15, 0.2) is 23.0 Å². The molecular formula is C26H24O11. The van der Waals surface area contributed by atoms with Crippen molar-refractivity contribution in [3.8, 4) is 23.0 Å². The Hall–Kier alpha value is -4.67. The average Bonchev–Trinajstić information content (AvgIpc) is 3.22. The lowest BCUT2D eigenvalue weighted by Crippen LogP contribution is -2.20. The first-order valence-electron chi connectivity index (χ1n) is 10.9. The van der Waals surface area contributed by atoms with Crippen molar-refractivity contribution in [1.29, 1.82) is 0 Å². The number of ether oxygens (including phenoxy) is 6. The van der Waals surface area contributed by atoms with Gasteiger partial charge >= 0.3 is 29.8 Å². The maximum absolute atomic E-state index is 12.9. The summed E-state index contributed by atoms with van der Waals surface area (Å²) in [5, 5.41) is 0. The van der Waals surface area contributed by atoms with Gasteiger partial charge in [-0.1, -0.05) is 6.07 Å². The molecule has 1 aliphatic rings. The fourth-order valence-electron chi connectivity index (χ4n) is 3.73. The van der Waals surface area contributed by atoms with Crippen molar-refractivity contribution in [2.75, 3.05) is 14.2 Å². The van der Waals surface area contributed by atoms with E-state index < -0.39 is 41.9 Å². The van der Waals surface area contributed by atoms with Crippen LogP contribution in [0.25, 0.3) is 6.08 Å². The van der Waals surface area contributed by atoms with Crippen LogP contribution in [0.1, 0.15) is 49.5 Å². The van der Waals surface area contributed by atoms with Crippen LogP contribution in [0.3, 0.4) is 0 Å². The van der Waals surface area contributed by atoms with Crippen molar-refractivity contribution in [2.45, 2.75) is 32.8 Å². The number of carbonyl (C=O) groups excluding carboxylic acids is 5. The summed E-state index contributed by atoms with van der Waals surface area (Å²) < 4.78 is 31.3. The molecule has 11 nitrogen and oxygen atoms in total. The Bertz CT molecular complexity index is 1290. The van der Waals surface area contributed by atoms with Gasteiger partial charge in [0.05, 0.1) is 14.2 Å². The van der Waals surface area contributed by atoms with Crippen LogP contribution in [0.5, 0.6) is 23.0 Å². The normalized spacial score (nSPS) is 15.8. The lowest BCUT2D eigenvalue weighted by molar-refractivity contribution is -0.144. The second-order valence-electron chi connectivity index (χ2n) is 7.82. The van der Waals surface area contributed by atoms with Crippen LogP contribution in [-0.4, -0.2) is 44.1 Å². The van der Waals surface area contributed by atoms with E-state index in [4.69, 9.17) is 23.7 Å². The van der Waals surface area contributed by atoms with Gasteiger partial charge in [-0.15, -0.1) is 0 Å². The van der Waals surface area contributed by atoms with Crippen LogP contribution in [-0.2, 0) is 33.4 Å². The fraction of sp³-hybridized carbons (Fsp3) is 0.269. The minimum absolute atomic E-state index is 0.00702. The molecule has 2 aromatic carbocycles. The largest absolute Gasteiger partial charge is 0.480 e. The smallest absolute Gasteiger partial charge is 0.330 e. The van der Waals surface area contributed by atoms with Crippen LogP contribution in [0.15, 0.2) is 36.4 Å². The second kappa shape index (κ2) is 11.4. The van der Waals surface area contributed by atoms with E-state index in [2.05, 4.69) is 4.74 Å². The van der Waals surface area contributed by atoms with E-state index in [1.165, 1.54) is 71.4 Å². The van der Waals surface area contributed by atoms with Crippen molar-refractivity contribution >= 4 is 35.9 Å². The number of fused-ring (bicyclic) bond motifs is 1. The van der Waals surface area contributed by atoms with Gasteiger partial charge in [0.2, 0.25) is 0 Å². The van der Waals surface area contributed by atoms with Gasteiger partial charge in [0.25, 0.3) is 0 Å². The van der Waals surface area contributed by atoms with Gasteiger partial charge in [-0.2, -0.15) is 0 Å². The highest BCUT2D eigenvalue weighted by Gasteiger charge is 2.44. The van der Waals surface area contributed by atoms with Crippen molar-refractivity contribution < 1.29 is 52.4 Å². The Balaban J connectivity index is 2.15. The van der Waals surface area contributed by atoms with Gasteiger partial charge in [0.1, 0.15) is 12.0 Å². The Morgan fingerprint density at radius 2 is 1.41 bits per heavy atom. The summed E-state index contributed by atoms with van der Waals surface area (Å²) >= 11 is 0. The van der Waals surface area contributed by atoms with E-state index in [9.17, 15) is 24.0 Å². The Morgan fingerprint density at radius 3 is 2.00 bits per heavy atom. The van der Waals surface area contributed by atoms with E-state index in [0.717, 1.165) is 0 Å². The molecule has 0 fully saturated rings. The van der Waals surface area contributed by atoms with E-state index in [1.807, 2.05) is 0 Å². The molecule has 0 amide bonds. The SMILES string of the molecule is COC(=O)/C=C/c1cc(OC(C)=O)c2c(c1)[C@@H](C(=O)OC)[C@H](c1ccc(OC(C)=O)c(OC(C)=O)c1)O2. The average molecular weight is 512 g/mol. The summed E-state index contributed by atoms with van der Waals surface area (Å²) in [6.07, 6.45) is 1.59. The minimum atomic E-state index is -1.04. The van der Waals surface area contributed by atoms with Crippen LogP contribution >= 0.6 is 0 Å². The summed E-state index contributed by atoms with van der Waals surface area (Å²) in [6.45, 7) is 3.57. The second-order valence-corrected chi connectivity index (χ2v) is 7.82. The highest BCUT2D eigenvalue weighted by Crippen LogP contribution is 2.52. The quantitative estimate of drug-likeness (QED) is 0.307. The fourth-order valence-corrected chi connectivity index (χ4v) is 3.73. The van der Waals surface area contributed by atoms with Gasteiger partial charge in [0, 0.05) is 32.4 Å². The molecule has 0 unspecified atom stereocenters. The molecule has 1 aliphatic heterocycles. The van der Waals surface area contributed by atoms with Gasteiger partial charge in [-0.25, -0.2) is 4.79 Å².